The first-order chi connectivity index (χ1) is 5.36. The van der Waals surface area contributed by atoms with Crippen LogP contribution in [0.1, 0.15) is 26.2 Å². The highest BCUT2D eigenvalue weighted by Gasteiger charge is 2.23. The minimum Gasteiger partial charge on any atom is -0.127 e. The molecule has 0 amide bonds. The van der Waals surface area contributed by atoms with Crippen molar-refractivity contribution >= 4 is 11.8 Å². The minimum absolute atomic E-state index is 0.851. The topological polar surface area (TPSA) is 0 Å². The number of hydrogen-bond acceptors (Lipinski definition) is 1. The molecule has 1 heteroatoms. The Labute approximate surface area is 72.8 Å². The van der Waals surface area contributed by atoms with Crippen LogP contribution in [0.4, 0.5) is 0 Å². The summed E-state index contributed by atoms with van der Waals surface area (Å²) < 4.78 is 0. The highest BCUT2D eigenvalue weighted by molar-refractivity contribution is 8.03. The highest BCUT2D eigenvalue weighted by atomic mass is 32.2. The fourth-order valence-corrected chi connectivity index (χ4v) is 3.06. The summed E-state index contributed by atoms with van der Waals surface area (Å²) >= 11 is 2.08. The van der Waals surface area contributed by atoms with Gasteiger partial charge in [-0.25, -0.2) is 0 Å². The molecule has 0 radical (unpaired) electrons. The van der Waals surface area contributed by atoms with E-state index in [2.05, 4.69) is 36.9 Å². The van der Waals surface area contributed by atoms with Crippen LogP contribution in [0.5, 0.6) is 0 Å². The van der Waals surface area contributed by atoms with Gasteiger partial charge in [-0.05, 0) is 30.1 Å². The third-order valence-electron chi connectivity index (χ3n) is 2.48. The van der Waals surface area contributed by atoms with Gasteiger partial charge in [0.15, 0.2) is 0 Å². The molecule has 0 bridgehead atoms. The van der Waals surface area contributed by atoms with Crippen LogP contribution in [0.2, 0.25) is 0 Å². The molecule has 11 heavy (non-hydrogen) atoms. The van der Waals surface area contributed by atoms with E-state index in [0.717, 1.165) is 11.2 Å². The van der Waals surface area contributed by atoms with Gasteiger partial charge < -0.3 is 0 Å². The molecule has 2 unspecified atom stereocenters. The second kappa shape index (κ2) is 3.06. The molecule has 0 aromatic heterocycles. The molecule has 0 spiro atoms. The van der Waals surface area contributed by atoms with Gasteiger partial charge in [-0.2, -0.15) is 0 Å². The Kier molecular flexibility index (Phi) is 2.08. The van der Waals surface area contributed by atoms with Gasteiger partial charge in [-0.3, -0.25) is 0 Å². The molecule has 60 valence electrons. The average molecular weight is 166 g/mol. The van der Waals surface area contributed by atoms with E-state index in [1.165, 1.54) is 19.3 Å². The largest absolute Gasteiger partial charge is 0.127 e. The van der Waals surface area contributed by atoms with Crippen LogP contribution in [-0.2, 0) is 0 Å². The Hall–Kier alpha value is -0.170. The summed E-state index contributed by atoms with van der Waals surface area (Å²) in [5, 5.41) is 0.851. The van der Waals surface area contributed by atoms with Gasteiger partial charge in [0.05, 0.1) is 0 Å². The molecular formula is C10H14S. The molecule has 0 aromatic carbocycles. The first kappa shape index (κ1) is 7.48. The quantitative estimate of drug-likeness (QED) is 0.531. The van der Waals surface area contributed by atoms with E-state index in [4.69, 9.17) is 0 Å². The monoisotopic (exact) mass is 166 g/mol. The van der Waals surface area contributed by atoms with E-state index >= 15 is 0 Å². The second-order valence-corrected chi connectivity index (χ2v) is 4.95. The second-order valence-electron chi connectivity index (χ2n) is 3.44. The molecule has 1 fully saturated rings. The van der Waals surface area contributed by atoms with Crippen LogP contribution in [0.15, 0.2) is 23.1 Å². The lowest BCUT2D eigenvalue weighted by Gasteiger charge is -2.29. The van der Waals surface area contributed by atoms with Crippen molar-refractivity contribution in [3.63, 3.8) is 0 Å². The standard InChI is InChI=1S/C10H14S/c1-8-6-7-9-4-2-3-5-10(9)11-8/h2-3,5,8-9H,4,6-7H2,1H3. The van der Waals surface area contributed by atoms with Crippen molar-refractivity contribution in [2.75, 3.05) is 0 Å². The fraction of sp³-hybridized carbons (Fsp3) is 0.600. The first-order valence-corrected chi connectivity index (χ1v) is 5.27. The van der Waals surface area contributed by atoms with E-state index in [1.807, 2.05) is 0 Å². The smallest absolute Gasteiger partial charge is 0.00631 e. The van der Waals surface area contributed by atoms with Crippen LogP contribution in [0.25, 0.3) is 0 Å². The zero-order chi connectivity index (χ0) is 7.68. The molecule has 1 heterocycles. The Morgan fingerprint density at radius 1 is 1.45 bits per heavy atom. The maximum absolute atomic E-state index is 2.33. The molecule has 1 saturated heterocycles. The Bertz CT molecular complexity index is 203. The summed E-state index contributed by atoms with van der Waals surface area (Å²) in [5.74, 6) is 0.876. The van der Waals surface area contributed by atoms with Crippen molar-refractivity contribution in [3.05, 3.63) is 23.1 Å². The van der Waals surface area contributed by atoms with Gasteiger partial charge in [0, 0.05) is 5.25 Å². The lowest BCUT2D eigenvalue weighted by Crippen LogP contribution is -2.14. The van der Waals surface area contributed by atoms with Crippen LogP contribution in [0.3, 0.4) is 0 Å². The third-order valence-corrected chi connectivity index (χ3v) is 3.86. The Balaban J connectivity index is 2.12. The predicted octanol–water partition coefficient (Wildman–Crippen LogP) is 3.36. The number of hydrogen-bond donors (Lipinski definition) is 0. The van der Waals surface area contributed by atoms with Crippen molar-refractivity contribution in [2.45, 2.75) is 31.4 Å². The van der Waals surface area contributed by atoms with Gasteiger partial charge in [0.1, 0.15) is 0 Å². The minimum atomic E-state index is 0.851. The van der Waals surface area contributed by atoms with Crippen molar-refractivity contribution < 1.29 is 0 Å². The molecule has 0 aromatic rings. The summed E-state index contributed by atoms with van der Waals surface area (Å²) in [6.07, 6.45) is 10.9. The van der Waals surface area contributed by atoms with E-state index in [-0.39, 0.29) is 0 Å². The summed E-state index contributed by atoms with van der Waals surface area (Å²) in [5.41, 5.74) is 0. The van der Waals surface area contributed by atoms with Crippen molar-refractivity contribution in [3.8, 4) is 0 Å². The van der Waals surface area contributed by atoms with E-state index < -0.39 is 0 Å². The zero-order valence-corrected chi connectivity index (χ0v) is 7.73. The summed E-state index contributed by atoms with van der Waals surface area (Å²) in [6.45, 7) is 2.33. The summed E-state index contributed by atoms with van der Waals surface area (Å²) in [6, 6.07) is 0. The summed E-state index contributed by atoms with van der Waals surface area (Å²) in [7, 11) is 0. The molecule has 1 aliphatic carbocycles. The van der Waals surface area contributed by atoms with Crippen LogP contribution in [-0.4, -0.2) is 5.25 Å². The molecule has 2 aliphatic rings. The Morgan fingerprint density at radius 3 is 3.27 bits per heavy atom. The van der Waals surface area contributed by atoms with Gasteiger partial charge in [-0.15, -0.1) is 11.8 Å². The van der Waals surface area contributed by atoms with Crippen molar-refractivity contribution in [1.82, 2.24) is 0 Å². The molecule has 0 nitrogen and oxygen atoms in total. The number of thioether (sulfide) groups is 1. The summed E-state index contributed by atoms with van der Waals surface area (Å²) in [4.78, 5) is 1.63. The number of rotatable bonds is 0. The molecule has 2 atom stereocenters. The fourth-order valence-electron chi connectivity index (χ4n) is 1.78. The molecular weight excluding hydrogens is 152 g/mol. The van der Waals surface area contributed by atoms with Crippen LogP contribution in [0, 0.1) is 5.92 Å². The van der Waals surface area contributed by atoms with Crippen molar-refractivity contribution in [2.24, 2.45) is 5.92 Å². The molecule has 0 saturated carbocycles. The van der Waals surface area contributed by atoms with Crippen molar-refractivity contribution in [1.29, 1.82) is 0 Å². The maximum atomic E-state index is 2.33. The van der Waals surface area contributed by atoms with E-state index in [9.17, 15) is 0 Å². The van der Waals surface area contributed by atoms with Gasteiger partial charge >= 0.3 is 0 Å². The predicted molar refractivity (Wildman–Crippen MR) is 51.6 cm³/mol. The van der Waals surface area contributed by atoms with Gasteiger partial charge in [0.2, 0.25) is 0 Å². The number of allylic oxidation sites excluding steroid dienone is 4. The lowest BCUT2D eigenvalue weighted by molar-refractivity contribution is 0.540. The lowest BCUT2D eigenvalue weighted by atomic mass is 9.94. The van der Waals surface area contributed by atoms with Crippen LogP contribution >= 0.6 is 11.8 Å². The highest BCUT2D eigenvalue weighted by Crippen LogP contribution is 2.42. The van der Waals surface area contributed by atoms with E-state index in [1.54, 1.807) is 4.91 Å². The zero-order valence-electron chi connectivity index (χ0n) is 6.92. The van der Waals surface area contributed by atoms with Gasteiger partial charge in [-0.1, -0.05) is 25.2 Å². The van der Waals surface area contributed by atoms with Crippen LogP contribution < -0.4 is 0 Å². The normalized spacial score (nSPS) is 36.3. The average Bonchev–Trinajstić information content (AvgIpc) is 2.04. The molecule has 2 rings (SSSR count). The molecule has 1 aliphatic heterocycles. The molecule has 0 N–H and O–H groups in total. The maximum Gasteiger partial charge on any atom is 0.00631 e. The number of fused-ring (bicyclic) bond motifs is 1. The first-order valence-electron chi connectivity index (χ1n) is 4.39. The SMILES string of the molecule is CC1CCC2CC=CC=C2S1. The Morgan fingerprint density at radius 2 is 2.36 bits per heavy atom. The van der Waals surface area contributed by atoms with Gasteiger partial charge in [0.25, 0.3) is 0 Å². The van der Waals surface area contributed by atoms with E-state index in [0.29, 0.717) is 0 Å². The third kappa shape index (κ3) is 1.53.